The molecule has 2 heterocycles. The van der Waals surface area contributed by atoms with Crippen LogP contribution in [0.3, 0.4) is 0 Å². The molecule has 0 saturated heterocycles. The highest BCUT2D eigenvalue weighted by molar-refractivity contribution is 8.37. The van der Waals surface area contributed by atoms with Crippen molar-refractivity contribution < 1.29 is 0 Å². The molecule has 0 fully saturated rings. The van der Waals surface area contributed by atoms with Gasteiger partial charge in [0.25, 0.3) is 0 Å². The SMILES string of the molecule is CS(C1=C/Cc2ncccc2NC/C=C\1)(c1ccccc1)[C@H]1C=CC=CC1. The van der Waals surface area contributed by atoms with Gasteiger partial charge in [-0.3, -0.25) is 4.98 Å². The highest BCUT2D eigenvalue weighted by Crippen LogP contribution is 2.65. The van der Waals surface area contributed by atoms with E-state index in [2.05, 4.69) is 95.5 Å². The molecule has 27 heavy (non-hydrogen) atoms. The summed E-state index contributed by atoms with van der Waals surface area (Å²) >= 11 is 0. The highest BCUT2D eigenvalue weighted by atomic mass is 32.3. The minimum Gasteiger partial charge on any atom is -0.380 e. The Kier molecular flexibility index (Phi) is 5.30. The van der Waals surface area contributed by atoms with Crippen molar-refractivity contribution in [3.63, 3.8) is 0 Å². The first-order valence-electron chi connectivity index (χ1n) is 9.48. The summed E-state index contributed by atoms with van der Waals surface area (Å²) in [6.07, 6.45) is 22.4. The largest absolute Gasteiger partial charge is 0.380 e. The van der Waals surface area contributed by atoms with Crippen LogP contribution in [0.1, 0.15) is 12.1 Å². The molecular weight excluding hydrogens is 348 g/mol. The molecule has 1 aromatic carbocycles. The van der Waals surface area contributed by atoms with Gasteiger partial charge in [-0.2, -0.15) is 10.0 Å². The summed E-state index contributed by atoms with van der Waals surface area (Å²) in [5.74, 6) is 0. The van der Waals surface area contributed by atoms with Crippen molar-refractivity contribution in [1.29, 1.82) is 0 Å². The number of anilines is 1. The molecule has 0 saturated carbocycles. The Morgan fingerprint density at radius 1 is 1.04 bits per heavy atom. The number of nitrogens with one attached hydrogen (secondary N) is 1. The third kappa shape index (κ3) is 3.65. The summed E-state index contributed by atoms with van der Waals surface area (Å²) in [4.78, 5) is 7.50. The lowest BCUT2D eigenvalue weighted by atomic mass is 10.2. The molecule has 1 aromatic heterocycles. The van der Waals surface area contributed by atoms with Crippen LogP contribution in [0.25, 0.3) is 0 Å². The molecule has 0 amide bonds. The van der Waals surface area contributed by atoms with Crippen molar-refractivity contribution in [2.24, 2.45) is 0 Å². The van der Waals surface area contributed by atoms with E-state index in [4.69, 9.17) is 0 Å². The maximum absolute atomic E-state index is 4.61. The predicted molar refractivity (Wildman–Crippen MR) is 119 cm³/mol. The maximum atomic E-state index is 4.61. The van der Waals surface area contributed by atoms with Gasteiger partial charge in [0.1, 0.15) is 0 Å². The minimum absolute atomic E-state index is 0.512. The van der Waals surface area contributed by atoms with Crippen LogP contribution >= 0.6 is 10.0 Å². The zero-order chi connectivity index (χ0) is 18.5. The average Bonchev–Trinajstić information content (AvgIpc) is 2.85. The van der Waals surface area contributed by atoms with Gasteiger partial charge < -0.3 is 5.32 Å². The predicted octanol–water partition coefficient (Wildman–Crippen LogP) is 5.87. The number of fused-ring (bicyclic) bond motifs is 1. The number of hydrogen-bond donors (Lipinski definition) is 1. The molecule has 3 heteroatoms. The van der Waals surface area contributed by atoms with E-state index in [1.165, 1.54) is 9.80 Å². The number of nitrogens with zero attached hydrogens (tertiary/aromatic N) is 1. The first-order valence-corrected chi connectivity index (χ1v) is 11.6. The van der Waals surface area contributed by atoms with Crippen LogP contribution in [0.5, 0.6) is 0 Å². The second kappa shape index (κ2) is 8.01. The van der Waals surface area contributed by atoms with Gasteiger partial charge in [0.05, 0.1) is 11.4 Å². The van der Waals surface area contributed by atoms with Crippen LogP contribution in [-0.2, 0) is 6.42 Å². The van der Waals surface area contributed by atoms with Gasteiger partial charge in [-0.15, -0.1) is 0 Å². The van der Waals surface area contributed by atoms with Gasteiger partial charge in [-0.25, -0.2) is 0 Å². The third-order valence-corrected chi connectivity index (χ3v) is 9.44. The summed E-state index contributed by atoms with van der Waals surface area (Å²) in [6.45, 7) is 0.820. The van der Waals surface area contributed by atoms with Crippen LogP contribution in [0.15, 0.2) is 101 Å². The van der Waals surface area contributed by atoms with Crippen molar-refractivity contribution in [2.45, 2.75) is 23.0 Å². The van der Waals surface area contributed by atoms with Crippen LogP contribution in [0.4, 0.5) is 5.69 Å². The molecule has 138 valence electrons. The lowest BCUT2D eigenvalue weighted by Crippen LogP contribution is -2.18. The molecule has 0 radical (unpaired) electrons. The lowest BCUT2D eigenvalue weighted by molar-refractivity contribution is 1.03. The highest BCUT2D eigenvalue weighted by Gasteiger charge is 2.32. The van der Waals surface area contributed by atoms with Gasteiger partial charge in [0.2, 0.25) is 0 Å². The molecule has 1 aliphatic carbocycles. The molecule has 1 unspecified atom stereocenters. The van der Waals surface area contributed by atoms with E-state index >= 15 is 0 Å². The summed E-state index contributed by atoms with van der Waals surface area (Å²) in [6, 6.07) is 15.2. The molecule has 2 aliphatic rings. The van der Waals surface area contributed by atoms with E-state index in [9.17, 15) is 0 Å². The van der Waals surface area contributed by atoms with Gasteiger partial charge in [0, 0.05) is 24.4 Å². The monoisotopic (exact) mass is 374 g/mol. The molecule has 2 atom stereocenters. The summed E-state index contributed by atoms with van der Waals surface area (Å²) in [5, 5.41) is 4.01. The van der Waals surface area contributed by atoms with Gasteiger partial charge >= 0.3 is 0 Å². The Hall–Kier alpha value is -2.52. The number of pyridine rings is 1. The van der Waals surface area contributed by atoms with Crippen LogP contribution in [0.2, 0.25) is 0 Å². The lowest BCUT2D eigenvalue weighted by Gasteiger charge is -2.44. The van der Waals surface area contributed by atoms with Crippen LogP contribution in [-0.4, -0.2) is 23.0 Å². The van der Waals surface area contributed by atoms with E-state index in [0.29, 0.717) is 5.25 Å². The van der Waals surface area contributed by atoms with Crippen molar-refractivity contribution in [2.75, 3.05) is 18.1 Å². The third-order valence-electron chi connectivity index (χ3n) is 5.35. The number of benzene rings is 1. The summed E-state index contributed by atoms with van der Waals surface area (Å²) in [5.41, 5.74) is 2.25. The van der Waals surface area contributed by atoms with Gasteiger partial charge in [-0.05, 0) is 46.7 Å². The first-order chi connectivity index (χ1) is 13.3. The van der Waals surface area contributed by atoms with Crippen molar-refractivity contribution >= 4 is 15.7 Å². The van der Waals surface area contributed by atoms with E-state index in [0.717, 1.165) is 30.8 Å². The molecule has 2 aromatic rings. The molecular formula is C24H26N2S. The topological polar surface area (TPSA) is 24.9 Å². The molecule has 0 bridgehead atoms. The second-order valence-electron chi connectivity index (χ2n) is 6.97. The Balaban J connectivity index is 1.80. The molecule has 1 aliphatic heterocycles. The van der Waals surface area contributed by atoms with E-state index in [-0.39, 0.29) is 0 Å². The minimum atomic E-state index is -1.20. The van der Waals surface area contributed by atoms with E-state index < -0.39 is 10.0 Å². The Morgan fingerprint density at radius 2 is 1.93 bits per heavy atom. The fraction of sp³-hybridized carbons (Fsp3) is 0.208. The van der Waals surface area contributed by atoms with Gasteiger partial charge in [0.15, 0.2) is 0 Å². The van der Waals surface area contributed by atoms with E-state index in [1.54, 1.807) is 0 Å². The molecule has 0 spiro atoms. The number of allylic oxidation sites excluding steroid dienone is 5. The normalized spacial score (nSPS) is 25.4. The quantitative estimate of drug-likeness (QED) is 0.727. The van der Waals surface area contributed by atoms with Gasteiger partial charge in [-0.1, -0.05) is 60.7 Å². The Morgan fingerprint density at radius 3 is 2.74 bits per heavy atom. The molecule has 2 nitrogen and oxygen atoms in total. The fourth-order valence-corrected chi connectivity index (χ4v) is 7.19. The number of hydrogen-bond acceptors (Lipinski definition) is 2. The summed E-state index contributed by atoms with van der Waals surface area (Å²) < 4.78 is 0. The van der Waals surface area contributed by atoms with Crippen molar-refractivity contribution in [1.82, 2.24) is 4.98 Å². The second-order valence-corrected chi connectivity index (χ2v) is 10.5. The van der Waals surface area contributed by atoms with E-state index in [1.807, 2.05) is 12.3 Å². The van der Waals surface area contributed by atoms with Crippen molar-refractivity contribution in [3.05, 3.63) is 102 Å². The average molecular weight is 375 g/mol. The Labute approximate surface area is 163 Å². The standard InChI is InChI=1S/C24H26N2S/c1-27(20-10-4-2-5-11-20,21-12-6-3-7-13-21)22-14-8-18-25-23-15-9-19-26-24(23)17-16-22/h2-12,14-16,19,21,25H,13,17-18H2,1H3/b14-8-,22-16+/t21-/m0/s1. The zero-order valence-electron chi connectivity index (χ0n) is 15.7. The fourth-order valence-electron chi connectivity index (χ4n) is 3.78. The number of aromatic nitrogens is 1. The van der Waals surface area contributed by atoms with Crippen LogP contribution in [0, 0.1) is 0 Å². The van der Waals surface area contributed by atoms with Crippen LogP contribution < -0.4 is 5.32 Å². The molecule has 4 rings (SSSR count). The Bertz CT molecular complexity index is 911. The van der Waals surface area contributed by atoms with Crippen molar-refractivity contribution in [3.8, 4) is 0 Å². The summed E-state index contributed by atoms with van der Waals surface area (Å²) in [7, 11) is -1.20. The molecule has 1 N–H and O–H groups in total. The number of rotatable bonds is 3. The maximum Gasteiger partial charge on any atom is 0.0672 e. The first kappa shape index (κ1) is 17.9. The smallest absolute Gasteiger partial charge is 0.0672 e. The zero-order valence-corrected chi connectivity index (χ0v) is 16.5.